The molecule has 0 aliphatic carbocycles. The number of guanidine groups is 1. The first-order chi connectivity index (χ1) is 12.5. The second kappa shape index (κ2) is 10.6. The van der Waals surface area contributed by atoms with E-state index < -0.39 is 0 Å². The third kappa shape index (κ3) is 6.04. The molecule has 1 aliphatic rings. The average Bonchev–Trinajstić information content (AvgIpc) is 3.10. The molecule has 1 aliphatic heterocycles. The number of aliphatic imine (C=N–C) groups is 1. The van der Waals surface area contributed by atoms with Crippen molar-refractivity contribution >= 4 is 35.1 Å². The summed E-state index contributed by atoms with van der Waals surface area (Å²) < 4.78 is 0. The lowest BCUT2D eigenvalue weighted by atomic mass is 10.2. The number of hydrogen-bond acceptors (Lipinski definition) is 3. The van der Waals surface area contributed by atoms with Crippen LogP contribution in [0.25, 0.3) is 0 Å². The highest BCUT2D eigenvalue weighted by Crippen LogP contribution is 2.22. The summed E-state index contributed by atoms with van der Waals surface area (Å²) in [6.45, 7) is 6.39. The standard InChI is InChI=1S/C18H27Cl2N5O/c1-3-25-10-4-5-14(25)12-24-18(21-2)23-9-8-22-17(26)13-6-7-15(19)16(20)11-13/h6-7,11,14H,3-5,8-10,12H2,1-2H3,(H,22,26)(H2,21,23,24). The molecular formula is C18H27Cl2N5O. The number of likely N-dealkylation sites (N-methyl/N-ethyl adjacent to an activating group) is 1. The Bertz CT molecular complexity index is 638. The van der Waals surface area contributed by atoms with Crippen molar-refractivity contribution in [3.63, 3.8) is 0 Å². The number of carbonyl (C=O) groups is 1. The number of amides is 1. The van der Waals surface area contributed by atoms with Gasteiger partial charge in [-0.1, -0.05) is 30.1 Å². The zero-order chi connectivity index (χ0) is 18.9. The molecule has 144 valence electrons. The summed E-state index contributed by atoms with van der Waals surface area (Å²) in [5.41, 5.74) is 0.489. The van der Waals surface area contributed by atoms with Crippen LogP contribution >= 0.6 is 23.2 Å². The fraction of sp³-hybridized carbons (Fsp3) is 0.556. The maximum atomic E-state index is 12.1. The molecule has 0 spiro atoms. The van der Waals surface area contributed by atoms with Gasteiger partial charge in [0.15, 0.2) is 5.96 Å². The molecule has 1 aromatic carbocycles. The normalized spacial score (nSPS) is 18.0. The van der Waals surface area contributed by atoms with Gasteiger partial charge in [-0.2, -0.15) is 0 Å². The van der Waals surface area contributed by atoms with Gasteiger partial charge in [0.2, 0.25) is 0 Å². The molecule has 0 saturated carbocycles. The zero-order valence-corrected chi connectivity index (χ0v) is 16.8. The van der Waals surface area contributed by atoms with Crippen molar-refractivity contribution in [2.75, 3.05) is 39.8 Å². The molecule has 0 radical (unpaired) electrons. The molecule has 0 bridgehead atoms. The minimum Gasteiger partial charge on any atom is -0.355 e. The summed E-state index contributed by atoms with van der Waals surface area (Å²) in [4.78, 5) is 18.8. The monoisotopic (exact) mass is 399 g/mol. The van der Waals surface area contributed by atoms with Crippen LogP contribution in [0.2, 0.25) is 10.0 Å². The van der Waals surface area contributed by atoms with E-state index in [4.69, 9.17) is 23.2 Å². The van der Waals surface area contributed by atoms with Crippen molar-refractivity contribution in [3.05, 3.63) is 33.8 Å². The van der Waals surface area contributed by atoms with Crippen molar-refractivity contribution in [2.45, 2.75) is 25.8 Å². The molecule has 0 aromatic heterocycles. The van der Waals surface area contributed by atoms with Crippen LogP contribution in [-0.4, -0.2) is 62.6 Å². The number of nitrogens with one attached hydrogen (secondary N) is 3. The van der Waals surface area contributed by atoms with E-state index in [2.05, 4.69) is 32.8 Å². The minimum absolute atomic E-state index is 0.183. The van der Waals surface area contributed by atoms with E-state index in [1.54, 1.807) is 25.2 Å². The first kappa shape index (κ1) is 20.8. The van der Waals surface area contributed by atoms with Crippen LogP contribution in [0.4, 0.5) is 0 Å². The largest absolute Gasteiger partial charge is 0.355 e. The molecule has 6 nitrogen and oxygen atoms in total. The number of halogens is 2. The molecule has 8 heteroatoms. The molecule has 1 amide bonds. The Balaban J connectivity index is 1.68. The van der Waals surface area contributed by atoms with Crippen molar-refractivity contribution in [2.24, 2.45) is 4.99 Å². The molecule has 1 unspecified atom stereocenters. The fourth-order valence-electron chi connectivity index (χ4n) is 3.07. The summed E-state index contributed by atoms with van der Waals surface area (Å²) in [6.07, 6.45) is 2.48. The van der Waals surface area contributed by atoms with Gasteiger partial charge in [-0.15, -0.1) is 0 Å². The number of hydrogen-bond donors (Lipinski definition) is 3. The van der Waals surface area contributed by atoms with Crippen LogP contribution in [0.3, 0.4) is 0 Å². The second-order valence-electron chi connectivity index (χ2n) is 6.19. The Morgan fingerprint density at radius 1 is 1.23 bits per heavy atom. The molecule has 1 saturated heterocycles. The lowest BCUT2D eigenvalue weighted by Gasteiger charge is -2.24. The van der Waals surface area contributed by atoms with E-state index in [0.717, 1.165) is 19.0 Å². The van der Waals surface area contributed by atoms with E-state index in [-0.39, 0.29) is 5.91 Å². The van der Waals surface area contributed by atoms with Crippen LogP contribution in [0.15, 0.2) is 23.2 Å². The summed E-state index contributed by atoms with van der Waals surface area (Å²) in [6, 6.07) is 5.39. The van der Waals surface area contributed by atoms with Gasteiger partial charge in [0, 0.05) is 38.3 Å². The first-order valence-electron chi connectivity index (χ1n) is 8.97. The van der Waals surface area contributed by atoms with Gasteiger partial charge >= 0.3 is 0 Å². The van der Waals surface area contributed by atoms with E-state index in [9.17, 15) is 4.79 Å². The smallest absolute Gasteiger partial charge is 0.251 e. The van der Waals surface area contributed by atoms with Crippen LogP contribution in [0.5, 0.6) is 0 Å². The number of carbonyl (C=O) groups excluding carboxylic acids is 1. The van der Waals surface area contributed by atoms with Crippen LogP contribution < -0.4 is 16.0 Å². The number of benzene rings is 1. The van der Waals surface area contributed by atoms with E-state index in [1.165, 1.54) is 19.4 Å². The maximum absolute atomic E-state index is 12.1. The van der Waals surface area contributed by atoms with E-state index in [0.29, 0.717) is 34.7 Å². The first-order valence-corrected chi connectivity index (χ1v) is 9.72. The van der Waals surface area contributed by atoms with Crippen LogP contribution in [0.1, 0.15) is 30.1 Å². The highest BCUT2D eigenvalue weighted by Gasteiger charge is 2.22. The van der Waals surface area contributed by atoms with Crippen LogP contribution in [0, 0.1) is 0 Å². The third-order valence-electron chi connectivity index (χ3n) is 4.52. The predicted molar refractivity (Wildman–Crippen MR) is 108 cm³/mol. The summed E-state index contributed by atoms with van der Waals surface area (Å²) in [7, 11) is 1.75. The molecule has 1 heterocycles. The Labute approximate surface area is 165 Å². The summed E-state index contributed by atoms with van der Waals surface area (Å²) in [5.74, 6) is 0.564. The molecule has 1 aromatic rings. The van der Waals surface area contributed by atoms with Crippen molar-refractivity contribution < 1.29 is 4.79 Å². The van der Waals surface area contributed by atoms with Gasteiger partial charge in [0.25, 0.3) is 5.91 Å². The molecule has 1 fully saturated rings. The lowest BCUT2D eigenvalue weighted by Crippen LogP contribution is -2.46. The molecule has 1 atom stereocenters. The van der Waals surface area contributed by atoms with Crippen molar-refractivity contribution in [1.29, 1.82) is 0 Å². The number of nitrogens with zero attached hydrogens (tertiary/aromatic N) is 2. The Morgan fingerprint density at radius 3 is 2.69 bits per heavy atom. The van der Waals surface area contributed by atoms with Crippen molar-refractivity contribution in [1.82, 2.24) is 20.9 Å². The third-order valence-corrected chi connectivity index (χ3v) is 5.26. The van der Waals surface area contributed by atoms with Gasteiger partial charge < -0.3 is 16.0 Å². The summed E-state index contributed by atoms with van der Waals surface area (Å²) >= 11 is 11.8. The summed E-state index contributed by atoms with van der Waals surface area (Å²) in [5, 5.41) is 10.2. The Hall–Kier alpha value is -1.50. The second-order valence-corrected chi connectivity index (χ2v) is 7.00. The van der Waals surface area contributed by atoms with E-state index >= 15 is 0 Å². The molecule has 3 N–H and O–H groups in total. The zero-order valence-electron chi connectivity index (χ0n) is 15.3. The van der Waals surface area contributed by atoms with Gasteiger partial charge in [-0.25, -0.2) is 0 Å². The highest BCUT2D eigenvalue weighted by atomic mass is 35.5. The minimum atomic E-state index is -0.183. The molecule has 2 rings (SSSR count). The van der Waals surface area contributed by atoms with E-state index in [1.807, 2.05) is 0 Å². The Kier molecular flexibility index (Phi) is 8.48. The number of rotatable bonds is 7. The highest BCUT2D eigenvalue weighted by molar-refractivity contribution is 6.42. The SMILES string of the molecule is CCN1CCCC1CNC(=NC)NCCNC(=O)c1ccc(Cl)c(Cl)c1. The van der Waals surface area contributed by atoms with Gasteiger partial charge in [0.1, 0.15) is 0 Å². The Morgan fingerprint density at radius 2 is 2.00 bits per heavy atom. The lowest BCUT2D eigenvalue weighted by molar-refractivity contribution is 0.0954. The average molecular weight is 400 g/mol. The number of likely N-dealkylation sites (tertiary alicyclic amines) is 1. The fourth-order valence-corrected chi connectivity index (χ4v) is 3.37. The predicted octanol–water partition coefficient (Wildman–Crippen LogP) is 2.37. The molecular weight excluding hydrogens is 373 g/mol. The van der Waals surface area contributed by atoms with Gasteiger partial charge in [0.05, 0.1) is 10.0 Å². The van der Waals surface area contributed by atoms with Crippen molar-refractivity contribution in [3.8, 4) is 0 Å². The topological polar surface area (TPSA) is 68.8 Å². The molecule has 26 heavy (non-hydrogen) atoms. The van der Waals surface area contributed by atoms with Crippen LogP contribution in [-0.2, 0) is 0 Å². The maximum Gasteiger partial charge on any atom is 0.251 e. The van der Waals surface area contributed by atoms with Gasteiger partial charge in [-0.3, -0.25) is 14.7 Å². The quantitative estimate of drug-likeness (QED) is 0.374. The van der Waals surface area contributed by atoms with Gasteiger partial charge in [-0.05, 0) is 44.1 Å².